The number of hydrogen-bond donors (Lipinski definition) is 2. The number of alkyl halides is 2. The third-order valence-electron chi connectivity index (χ3n) is 1.90. The summed E-state index contributed by atoms with van der Waals surface area (Å²) in [4.78, 5) is 32.5. The lowest BCUT2D eigenvalue weighted by molar-refractivity contribution is -0.386. The van der Waals surface area contributed by atoms with Crippen LogP contribution in [-0.4, -0.2) is 21.0 Å². The number of pyridine rings is 1. The number of rotatable bonds is 4. The van der Waals surface area contributed by atoms with Crippen LogP contribution in [0.2, 0.25) is 0 Å². The zero-order valence-corrected chi connectivity index (χ0v) is 8.15. The highest BCUT2D eigenvalue weighted by Crippen LogP contribution is 2.23. The van der Waals surface area contributed by atoms with Gasteiger partial charge in [0.25, 0.3) is 6.43 Å². The topological polar surface area (TPSA) is 113 Å². The van der Waals surface area contributed by atoms with Gasteiger partial charge in [-0.25, -0.2) is 8.78 Å². The molecule has 0 saturated carbocycles. The van der Waals surface area contributed by atoms with Crippen molar-refractivity contribution in [1.82, 2.24) is 4.98 Å². The summed E-state index contributed by atoms with van der Waals surface area (Å²) < 4.78 is 25.0. The second kappa shape index (κ2) is 4.68. The number of nitrogens with one attached hydrogen (secondary N) is 1. The van der Waals surface area contributed by atoms with E-state index in [0.29, 0.717) is 6.07 Å². The maximum atomic E-state index is 12.5. The van der Waals surface area contributed by atoms with Crippen molar-refractivity contribution in [3.05, 3.63) is 37.8 Å². The van der Waals surface area contributed by atoms with Crippen LogP contribution in [0.5, 0.6) is 0 Å². The number of nitrogens with zero attached hydrogens (tertiary/aromatic N) is 1. The molecule has 0 fully saturated rings. The highest BCUT2D eigenvalue weighted by atomic mass is 19.3. The molecule has 0 bridgehead atoms. The van der Waals surface area contributed by atoms with Gasteiger partial charge < -0.3 is 10.1 Å². The first-order chi connectivity index (χ1) is 7.82. The molecule has 0 spiro atoms. The fraction of sp³-hybridized carbons (Fsp3) is 0.250. The van der Waals surface area contributed by atoms with E-state index in [2.05, 4.69) is 0 Å². The van der Waals surface area contributed by atoms with Crippen LogP contribution >= 0.6 is 0 Å². The van der Waals surface area contributed by atoms with Gasteiger partial charge in [-0.3, -0.25) is 19.7 Å². The van der Waals surface area contributed by atoms with E-state index < -0.39 is 46.2 Å². The Morgan fingerprint density at radius 1 is 1.59 bits per heavy atom. The van der Waals surface area contributed by atoms with Gasteiger partial charge in [0.1, 0.15) is 0 Å². The minimum absolute atomic E-state index is 0.391. The molecule has 2 N–H and O–H groups in total. The van der Waals surface area contributed by atoms with Gasteiger partial charge in [-0.2, -0.15) is 0 Å². The molecule has 7 nitrogen and oxygen atoms in total. The first-order valence-corrected chi connectivity index (χ1v) is 4.23. The Kier molecular flexibility index (Phi) is 3.51. The molecule has 92 valence electrons. The van der Waals surface area contributed by atoms with Crippen LogP contribution in [0.1, 0.15) is 17.7 Å². The van der Waals surface area contributed by atoms with Crippen LogP contribution in [0.15, 0.2) is 10.9 Å². The van der Waals surface area contributed by atoms with E-state index in [0.717, 1.165) is 0 Å². The Hall–Kier alpha value is -2.32. The van der Waals surface area contributed by atoms with Crippen molar-refractivity contribution in [2.75, 3.05) is 0 Å². The quantitative estimate of drug-likeness (QED) is 0.605. The molecule has 1 aromatic rings. The van der Waals surface area contributed by atoms with Crippen molar-refractivity contribution in [3.8, 4) is 0 Å². The summed E-state index contributed by atoms with van der Waals surface area (Å²) in [7, 11) is 0. The van der Waals surface area contributed by atoms with Crippen LogP contribution in [0.4, 0.5) is 14.5 Å². The number of H-pyrrole nitrogens is 1. The largest absolute Gasteiger partial charge is 0.481 e. The minimum atomic E-state index is -3.11. The maximum Gasteiger partial charge on any atom is 0.334 e. The summed E-state index contributed by atoms with van der Waals surface area (Å²) in [5.74, 6) is -1.43. The molecule has 17 heavy (non-hydrogen) atoms. The van der Waals surface area contributed by atoms with Crippen LogP contribution in [0, 0.1) is 10.1 Å². The highest BCUT2D eigenvalue weighted by Gasteiger charge is 2.22. The second-order valence-electron chi connectivity index (χ2n) is 3.05. The number of carboxylic acid groups (broad SMARTS) is 1. The van der Waals surface area contributed by atoms with Crippen molar-refractivity contribution in [2.45, 2.75) is 12.8 Å². The van der Waals surface area contributed by atoms with Crippen LogP contribution < -0.4 is 5.56 Å². The Morgan fingerprint density at radius 2 is 2.18 bits per heavy atom. The van der Waals surface area contributed by atoms with E-state index in [1.807, 2.05) is 0 Å². The van der Waals surface area contributed by atoms with Crippen molar-refractivity contribution < 1.29 is 23.6 Å². The average molecular weight is 248 g/mol. The summed E-state index contributed by atoms with van der Waals surface area (Å²) in [5.41, 5.74) is -3.66. The molecule has 1 rings (SSSR count). The number of halogens is 2. The van der Waals surface area contributed by atoms with E-state index in [1.165, 1.54) is 0 Å². The predicted molar refractivity (Wildman–Crippen MR) is 50.0 cm³/mol. The molecular formula is C8H6F2N2O5. The molecule has 0 aliphatic heterocycles. The lowest BCUT2D eigenvalue weighted by atomic mass is 10.1. The molecule has 0 atom stereocenters. The van der Waals surface area contributed by atoms with Crippen molar-refractivity contribution in [3.63, 3.8) is 0 Å². The Balaban J connectivity index is 3.41. The van der Waals surface area contributed by atoms with Gasteiger partial charge in [0, 0.05) is 17.3 Å². The van der Waals surface area contributed by atoms with Gasteiger partial charge in [-0.05, 0) is 0 Å². The van der Waals surface area contributed by atoms with E-state index in [1.54, 1.807) is 4.98 Å². The van der Waals surface area contributed by atoms with Crippen molar-refractivity contribution in [1.29, 1.82) is 0 Å². The first kappa shape index (κ1) is 12.7. The SMILES string of the molecule is O=C(O)Cc1[nH]c(=O)c([N+](=O)[O-])cc1C(F)F. The zero-order valence-electron chi connectivity index (χ0n) is 8.15. The molecule has 1 heterocycles. The smallest absolute Gasteiger partial charge is 0.334 e. The number of carbonyl (C=O) groups is 1. The lowest BCUT2D eigenvalue weighted by Gasteiger charge is -2.05. The Labute approximate surface area is 91.8 Å². The van der Waals surface area contributed by atoms with E-state index in [4.69, 9.17) is 5.11 Å². The normalized spacial score (nSPS) is 10.5. The van der Waals surface area contributed by atoms with Crippen LogP contribution in [0.3, 0.4) is 0 Å². The number of aromatic nitrogens is 1. The molecule has 9 heteroatoms. The molecule has 0 amide bonds. The average Bonchev–Trinajstić information content (AvgIpc) is 2.15. The number of carboxylic acids is 1. The van der Waals surface area contributed by atoms with Gasteiger partial charge in [-0.1, -0.05) is 0 Å². The zero-order chi connectivity index (χ0) is 13.2. The number of nitro groups is 1. The first-order valence-electron chi connectivity index (χ1n) is 4.23. The maximum absolute atomic E-state index is 12.5. The van der Waals surface area contributed by atoms with Crippen LogP contribution in [0.25, 0.3) is 0 Å². The molecule has 0 aliphatic rings. The standard InChI is InChI=1S/C8H6F2N2O5/c9-7(10)3-1-5(12(16)17)8(15)11-4(3)2-6(13)14/h1,7H,2H2,(H,11,15)(H,13,14). The highest BCUT2D eigenvalue weighted by molar-refractivity contribution is 5.70. The summed E-state index contributed by atoms with van der Waals surface area (Å²) in [6.07, 6.45) is -3.95. The van der Waals surface area contributed by atoms with Gasteiger partial charge in [0.2, 0.25) is 0 Å². The van der Waals surface area contributed by atoms with Crippen molar-refractivity contribution >= 4 is 11.7 Å². The van der Waals surface area contributed by atoms with Gasteiger partial charge in [0.15, 0.2) is 0 Å². The third kappa shape index (κ3) is 2.83. The van der Waals surface area contributed by atoms with E-state index in [-0.39, 0.29) is 0 Å². The van der Waals surface area contributed by atoms with Gasteiger partial charge in [-0.15, -0.1) is 0 Å². The monoisotopic (exact) mass is 248 g/mol. The van der Waals surface area contributed by atoms with Crippen LogP contribution in [-0.2, 0) is 11.2 Å². The molecule has 0 aliphatic carbocycles. The predicted octanol–water partition coefficient (Wildman–Crippen LogP) is 0.848. The Morgan fingerprint density at radius 3 is 2.59 bits per heavy atom. The minimum Gasteiger partial charge on any atom is -0.481 e. The summed E-state index contributed by atoms with van der Waals surface area (Å²) in [6, 6.07) is 0.391. The fourth-order valence-corrected chi connectivity index (χ4v) is 1.20. The van der Waals surface area contributed by atoms with E-state index >= 15 is 0 Å². The summed E-state index contributed by atoms with van der Waals surface area (Å²) in [5, 5.41) is 18.8. The lowest BCUT2D eigenvalue weighted by Crippen LogP contribution is -2.18. The number of hydrogen-bond acceptors (Lipinski definition) is 4. The Bertz CT molecular complexity index is 525. The molecule has 0 saturated heterocycles. The summed E-state index contributed by atoms with van der Waals surface area (Å²) in [6.45, 7) is 0. The van der Waals surface area contributed by atoms with E-state index in [9.17, 15) is 28.5 Å². The van der Waals surface area contributed by atoms with Gasteiger partial charge in [0.05, 0.1) is 11.3 Å². The number of aromatic amines is 1. The molecule has 0 aromatic carbocycles. The molecular weight excluding hydrogens is 242 g/mol. The summed E-state index contributed by atoms with van der Waals surface area (Å²) >= 11 is 0. The number of aliphatic carboxylic acids is 1. The third-order valence-corrected chi connectivity index (χ3v) is 1.90. The fourth-order valence-electron chi connectivity index (χ4n) is 1.20. The van der Waals surface area contributed by atoms with Gasteiger partial charge >= 0.3 is 17.2 Å². The molecule has 0 radical (unpaired) electrons. The molecule has 1 aromatic heterocycles. The molecule has 0 unspecified atom stereocenters. The van der Waals surface area contributed by atoms with Crippen molar-refractivity contribution in [2.24, 2.45) is 0 Å². The second-order valence-corrected chi connectivity index (χ2v) is 3.05.